The lowest BCUT2D eigenvalue weighted by atomic mass is 10.2. The monoisotopic (exact) mass is 132 g/mol. The zero-order chi connectivity index (χ0) is 7.56. The van der Waals surface area contributed by atoms with Crippen LogP contribution in [0.3, 0.4) is 0 Å². The molecule has 0 radical (unpaired) electrons. The van der Waals surface area contributed by atoms with E-state index in [0.717, 1.165) is 0 Å². The van der Waals surface area contributed by atoms with Crippen molar-refractivity contribution >= 4 is 5.97 Å². The van der Waals surface area contributed by atoms with Crippen LogP contribution in [0.25, 0.3) is 0 Å². The summed E-state index contributed by atoms with van der Waals surface area (Å²) in [4.78, 5) is 10.2. The summed E-state index contributed by atoms with van der Waals surface area (Å²) < 4.78 is 11.2. The Hall–Kier alpha value is -0.610. The van der Waals surface area contributed by atoms with Crippen molar-refractivity contribution in [3.05, 3.63) is 0 Å². The third-order valence-corrected chi connectivity index (χ3v) is 1.27. The largest absolute Gasteiger partial charge is 0.547 e. The first-order chi connectivity index (χ1) is 4.75. The van der Waals surface area contributed by atoms with E-state index in [0.29, 0.717) is 13.0 Å². The van der Waals surface area contributed by atoms with E-state index >= 15 is 0 Å². The van der Waals surface area contributed by atoms with Crippen LogP contribution in [0.1, 0.15) is 6.42 Å². The van der Waals surface area contributed by atoms with Crippen molar-refractivity contribution in [2.75, 3.05) is 6.61 Å². The lowest BCUT2D eigenvalue weighted by Crippen LogP contribution is -2.41. The average molecular weight is 132 g/mol. The van der Waals surface area contributed by atoms with Crippen LogP contribution in [0.4, 0.5) is 0 Å². The van der Waals surface area contributed by atoms with Crippen LogP contribution >= 0.6 is 0 Å². The van der Waals surface area contributed by atoms with Gasteiger partial charge >= 0.3 is 0 Å². The summed E-state index contributed by atoms with van der Waals surface area (Å²) in [5.74, 6) is -1.31. The van der Waals surface area contributed by atoms with Gasteiger partial charge in [-0.3, -0.25) is 0 Å². The zero-order valence-corrected chi connectivity index (χ0v) is 4.70. The molecule has 0 aromatic carbocycles. The number of carbonyl (C=O) groups excluding carboxylic acids is 1. The lowest BCUT2D eigenvalue weighted by molar-refractivity contribution is -0.317. The smallest absolute Gasteiger partial charge is 0.211 e. The van der Waals surface area contributed by atoms with Crippen molar-refractivity contribution in [2.45, 2.75) is 18.6 Å². The molecule has 0 saturated carbocycles. The van der Waals surface area contributed by atoms with Crippen LogP contribution in [-0.4, -0.2) is 31.3 Å². The van der Waals surface area contributed by atoms with E-state index in [-0.39, 0.29) is 0 Å². The molecular formula is C5H7O4-. The predicted octanol–water partition coefficient (Wildman–Crippen LogP) is -2.11. The van der Waals surface area contributed by atoms with Gasteiger partial charge in [0.05, 0.1) is 18.7 Å². The number of hydrogen-bond donors (Lipinski definition) is 1. The van der Waals surface area contributed by atoms with E-state index in [1.807, 2.05) is 0 Å². The quantitative estimate of drug-likeness (QED) is 0.466. The van der Waals surface area contributed by atoms with Crippen LogP contribution in [-0.2, 0) is 9.53 Å². The first kappa shape index (κ1) is 5.20. The van der Waals surface area contributed by atoms with E-state index in [2.05, 4.69) is 5.11 Å². The van der Waals surface area contributed by atoms with E-state index in [4.69, 9.17) is 6.17 Å². The minimum absolute atomic E-state index is 0.322. The normalized spacial score (nSPS) is 36.2. The van der Waals surface area contributed by atoms with Crippen molar-refractivity contribution < 1.29 is 19.7 Å². The molecule has 0 aliphatic carbocycles. The van der Waals surface area contributed by atoms with Gasteiger partial charge in [-0.15, -0.1) is 0 Å². The highest BCUT2D eigenvalue weighted by Gasteiger charge is 2.26. The van der Waals surface area contributed by atoms with E-state index in [1.165, 1.54) is 0 Å². The number of ether oxygens (including phenoxy) is 1. The Morgan fingerprint density at radius 2 is 2.78 bits per heavy atom. The highest BCUT2D eigenvalue weighted by atomic mass is 16.5. The predicted molar refractivity (Wildman–Crippen MR) is 25.4 cm³/mol. The fraction of sp³-hybridized carbons (Fsp3) is 0.800. The van der Waals surface area contributed by atoms with Crippen molar-refractivity contribution in [2.24, 2.45) is 0 Å². The minimum atomic E-state index is -1.31. The van der Waals surface area contributed by atoms with Gasteiger partial charge in [0.25, 0.3) is 0 Å². The van der Waals surface area contributed by atoms with Crippen LogP contribution in [0.2, 0.25) is 0 Å². The third-order valence-electron chi connectivity index (χ3n) is 1.27. The van der Waals surface area contributed by atoms with Crippen molar-refractivity contribution in [1.82, 2.24) is 0 Å². The minimum Gasteiger partial charge on any atom is -0.547 e. The molecule has 52 valence electrons. The Labute approximate surface area is 53.5 Å². The summed E-state index contributed by atoms with van der Waals surface area (Å²) >= 11 is 0. The Bertz CT molecular complexity index is 138. The second-order valence-electron chi connectivity index (χ2n) is 1.94. The molecule has 2 atom stereocenters. The summed E-state index contributed by atoms with van der Waals surface area (Å²) in [5.41, 5.74) is 0. The summed E-state index contributed by atoms with van der Waals surface area (Å²) in [6, 6.07) is 0. The van der Waals surface area contributed by atoms with Crippen LogP contribution in [0.5, 0.6) is 0 Å². The van der Waals surface area contributed by atoms with Gasteiger partial charge in [0.1, 0.15) is 6.10 Å². The van der Waals surface area contributed by atoms with E-state index in [9.17, 15) is 9.90 Å². The van der Waals surface area contributed by atoms with Crippen molar-refractivity contribution in [3.63, 3.8) is 0 Å². The summed E-state index contributed by atoms with van der Waals surface area (Å²) in [5, 5.41) is 14.3. The van der Waals surface area contributed by atoms with Crippen molar-refractivity contribution in [1.29, 1.82) is 1.43 Å². The average Bonchev–Trinajstić information content (AvgIpc) is 2.33. The SMILES string of the molecule is [2H]OC1CCOC1C(=O)[O-]. The molecule has 1 saturated heterocycles. The van der Waals surface area contributed by atoms with Gasteiger partial charge in [-0.25, -0.2) is 0 Å². The molecule has 0 bridgehead atoms. The fourth-order valence-electron chi connectivity index (χ4n) is 0.790. The Morgan fingerprint density at radius 3 is 3.22 bits per heavy atom. The molecule has 4 nitrogen and oxygen atoms in total. The number of aliphatic carboxylic acids is 1. The summed E-state index contributed by atoms with van der Waals surface area (Å²) in [6.07, 6.45) is -1.27. The van der Waals surface area contributed by atoms with Crippen LogP contribution in [0.15, 0.2) is 0 Å². The maximum Gasteiger partial charge on any atom is 0.211 e. The Morgan fingerprint density at radius 1 is 2.00 bits per heavy atom. The van der Waals surface area contributed by atoms with Gasteiger partial charge in [-0.2, -0.15) is 0 Å². The molecule has 4 heteroatoms. The first-order valence-electron chi connectivity index (χ1n) is 3.11. The second kappa shape index (κ2) is 2.33. The number of aliphatic hydroxyl groups is 1. The van der Waals surface area contributed by atoms with Gasteiger partial charge in [0.15, 0.2) is 0 Å². The maximum atomic E-state index is 10.2. The molecule has 9 heavy (non-hydrogen) atoms. The number of aliphatic hydroxyl groups excluding tert-OH is 1. The number of rotatable bonds is 2. The molecule has 1 aliphatic heterocycles. The second-order valence-corrected chi connectivity index (χ2v) is 1.94. The molecule has 1 aliphatic rings. The highest BCUT2D eigenvalue weighted by Crippen LogP contribution is 2.11. The molecule has 1 rings (SSSR count). The molecule has 0 amide bonds. The zero-order valence-electron chi connectivity index (χ0n) is 5.70. The van der Waals surface area contributed by atoms with Gasteiger partial charge in [-0.1, -0.05) is 0 Å². The van der Waals surface area contributed by atoms with Gasteiger partial charge < -0.3 is 19.7 Å². The van der Waals surface area contributed by atoms with Gasteiger partial charge in [0, 0.05) is 0 Å². The van der Waals surface area contributed by atoms with Crippen LogP contribution in [0, 0.1) is 0 Å². The Kier molecular flexibility index (Phi) is 1.34. The van der Waals surface area contributed by atoms with Gasteiger partial charge in [-0.05, 0) is 6.42 Å². The first-order valence-corrected chi connectivity index (χ1v) is 2.70. The molecule has 1 fully saturated rings. The molecular weight excluding hydrogens is 124 g/mol. The fourth-order valence-corrected chi connectivity index (χ4v) is 0.790. The molecule has 0 aromatic heterocycles. The molecule has 2 unspecified atom stereocenters. The van der Waals surface area contributed by atoms with E-state index in [1.54, 1.807) is 0 Å². The van der Waals surface area contributed by atoms with Crippen LogP contribution < -0.4 is 5.11 Å². The topological polar surface area (TPSA) is 69.6 Å². The third kappa shape index (κ3) is 1.20. The molecule has 1 N–H and O–H groups in total. The lowest BCUT2D eigenvalue weighted by Gasteiger charge is -2.13. The molecule has 0 aromatic rings. The number of hydrogen-bond acceptors (Lipinski definition) is 4. The number of carboxylic acids is 1. The summed E-state index contributed by atoms with van der Waals surface area (Å²) in [6.45, 7) is 0.322. The Balaban J connectivity index is 2.50. The number of carboxylic acid groups (broad SMARTS) is 1. The van der Waals surface area contributed by atoms with E-state index < -0.39 is 18.2 Å². The summed E-state index contributed by atoms with van der Waals surface area (Å²) in [7, 11) is 0. The number of carbonyl (C=O) groups is 1. The standard InChI is InChI=1S/C5H8O4/c6-3-1-2-9-4(3)5(7)8/h3-4,6H,1-2H2,(H,7,8)/p-1/i6D. The molecule has 0 spiro atoms. The maximum absolute atomic E-state index is 10.2. The van der Waals surface area contributed by atoms with Gasteiger partial charge in [0.2, 0.25) is 1.43 Å². The molecule has 1 heterocycles. The highest BCUT2D eigenvalue weighted by molar-refractivity contribution is 5.71. The van der Waals surface area contributed by atoms with Crippen molar-refractivity contribution in [3.8, 4) is 0 Å².